The highest BCUT2D eigenvalue weighted by atomic mass is 35.5. The van der Waals surface area contributed by atoms with Crippen molar-refractivity contribution >= 4 is 24.0 Å². The number of nitrogens with one attached hydrogen (secondary N) is 1. The van der Waals surface area contributed by atoms with Crippen molar-refractivity contribution in [1.82, 2.24) is 24.4 Å². The molecule has 0 bridgehead atoms. The van der Waals surface area contributed by atoms with Crippen molar-refractivity contribution in [1.29, 1.82) is 0 Å². The summed E-state index contributed by atoms with van der Waals surface area (Å²) in [6.07, 6.45) is 10.4. The van der Waals surface area contributed by atoms with Crippen molar-refractivity contribution in [2.75, 3.05) is 26.2 Å². The molecule has 0 aromatic carbocycles. The van der Waals surface area contributed by atoms with Crippen LogP contribution in [0.5, 0.6) is 0 Å². The maximum absolute atomic E-state index is 12.9. The van der Waals surface area contributed by atoms with Crippen molar-refractivity contribution in [2.45, 2.75) is 25.7 Å². The van der Waals surface area contributed by atoms with Gasteiger partial charge in [0.2, 0.25) is 0 Å². The Bertz CT molecular complexity index is 695. The van der Waals surface area contributed by atoms with Gasteiger partial charge >= 0.3 is 0 Å². The summed E-state index contributed by atoms with van der Waals surface area (Å²) in [4.78, 5) is 14.9. The molecule has 1 N–H and O–H groups in total. The lowest BCUT2D eigenvalue weighted by atomic mass is 9.79. The molecular formula is C17H26ClN5O. The van der Waals surface area contributed by atoms with Crippen LogP contribution in [0, 0.1) is 11.8 Å². The van der Waals surface area contributed by atoms with Gasteiger partial charge in [-0.05, 0) is 50.6 Å². The molecule has 0 unspecified atom stereocenters. The smallest absolute Gasteiger partial charge is 0.259 e. The fourth-order valence-electron chi connectivity index (χ4n) is 4.26. The van der Waals surface area contributed by atoms with Gasteiger partial charge in [-0.2, -0.15) is 5.10 Å². The average Bonchev–Trinajstić information content (AvgIpc) is 3.19. The second kappa shape index (κ2) is 7.15. The minimum absolute atomic E-state index is 0. The fraction of sp³-hybridized carbons (Fsp3) is 0.647. The minimum atomic E-state index is 0. The SMILES string of the molecule is Cl.Cn1ccn2ncc(C(=O)N3CCC(C4CCNCC4)CC3)c12. The standard InChI is InChI=1S/C17H25N5O.ClH/c1-20-10-11-22-16(20)15(12-19-22)17(23)21-8-4-14(5-9-21)13-2-6-18-7-3-13;/h10-14,18H,2-9H2,1H3;1H. The van der Waals surface area contributed by atoms with Crippen molar-refractivity contribution < 1.29 is 4.79 Å². The number of piperidine rings is 2. The number of aromatic nitrogens is 3. The Balaban J connectivity index is 0.00000169. The number of carbonyl (C=O) groups is 1. The number of hydrogen-bond donors (Lipinski definition) is 1. The van der Waals surface area contributed by atoms with Crippen LogP contribution in [0.2, 0.25) is 0 Å². The Morgan fingerprint density at radius 1 is 1.12 bits per heavy atom. The molecular weight excluding hydrogens is 326 g/mol. The molecule has 1 amide bonds. The van der Waals surface area contributed by atoms with Crippen molar-refractivity contribution in [3.63, 3.8) is 0 Å². The molecule has 4 heterocycles. The molecule has 0 aliphatic carbocycles. The number of nitrogens with zero attached hydrogens (tertiary/aromatic N) is 4. The molecule has 0 spiro atoms. The van der Waals surface area contributed by atoms with Gasteiger partial charge in [-0.25, -0.2) is 4.52 Å². The van der Waals surface area contributed by atoms with Gasteiger partial charge in [0, 0.05) is 32.5 Å². The summed E-state index contributed by atoms with van der Waals surface area (Å²) in [5.41, 5.74) is 1.60. The lowest BCUT2D eigenvalue weighted by Crippen LogP contribution is -2.42. The number of carbonyl (C=O) groups excluding carboxylic acids is 1. The van der Waals surface area contributed by atoms with E-state index in [0.717, 1.165) is 62.1 Å². The predicted molar refractivity (Wildman–Crippen MR) is 95.6 cm³/mol. The molecule has 0 radical (unpaired) electrons. The highest BCUT2D eigenvalue weighted by molar-refractivity contribution is 5.99. The van der Waals surface area contributed by atoms with E-state index in [4.69, 9.17) is 0 Å². The van der Waals surface area contributed by atoms with Crippen LogP contribution >= 0.6 is 12.4 Å². The molecule has 4 rings (SSSR count). The van der Waals surface area contributed by atoms with Gasteiger partial charge < -0.3 is 14.8 Å². The Morgan fingerprint density at radius 3 is 2.50 bits per heavy atom. The largest absolute Gasteiger partial charge is 0.338 e. The number of hydrogen-bond acceptors (Lipinski definition) is 3. The number of fused-ring (bicyclic) bond motifs is 1. The van der Waals surface area contributed by atoms with Crippen LogP contribution in [0.3, 0.4) is 0 Å². The van der Waals surface area contributed by atoms with Crippen LogP contribution in [0.15, 0.2) is 18.6 Å². The summed E-state index contributed by atoms with van der Waals surface area (Å²) in [5.74, 6) is 1.78. The second-order valence-corrected chi connectivity index (χ2v) is 6.95. The van der Waals surface area contributed by atoms with Gasteiger partial charge in [-0.3, -0.25) is 4.79 Å². The van der Waals surface area contributed by atoms with E-state index in [-0.39, 0.29) is 18.3 Å². The highest BCUT2D eigenvalue weighted by Crippen LogP contribution is 2.31. The lowest BCUT2D eigenvalue weighted by Gasteiger charge is -2.37. The predicted octanol–water partition coefficient (Wildman–Crippen LogP) is 1.95. The quantitative estimate of drug-likeness (QED) is 0.899. The first-order chi connectivity index (χ1) is 11.2. The molecule has 0 saturated carbocycles. The Labute approximate surface area is 148 Å². The summed E-state index contributed by atoms with van der Waals surface area (Å²) in [5, 5.41) is 7.73. The van der Waals surface area contributed by atoms with Crippen LogP contribution < -0.4 is 5.32 Å². The summed E-state index contributed by atoms with van der Waals surface area (Å²) in [7, 11) is 1.96. The maximum Gasteiger partial charge on any atom is 0.259 e. The zero-order valence-corrected chi connectivity index (χ0v) is 15.0. The molecule has 2 aromatic rings. The monoisotopic (exact) mass is 351 g/mol. The third-order valence-electron chi connectivity index (χ3n) is 5.64. The van der Waals surface area contributed by atoms with Gasteiger partial charge in [0.05, 0.1) is 6.20 Å². The second-order valence-electron chi connectivity index (χ2n) is 6.95. The number of amides is 1. The van der Waals surface area contributed by atoms with E-state index in [2.05, 4.69) is 10.4 Å². The van der Waals surface area contributed by atoms with Crippen LogP contribution in [-0.4, -0.2) is 51.2 Å². The van der Waals surface area contributed by atoms with Gasteiger partial charge in [0.25, 0.3) is 5.91 Å². The Kier molecular flexibility index (Phi) is 5.15. The topological polar surface area (TPSA) is 54.6 Å². The third-order valence-corrected chi connectivity index (χ3v) is 5.64. The number of halogens is 1. The molecule has 2 saturated heterocycles. The lowest BCUT2D eigenvalue weighted by molar-refractivity contribution is 0.0643. The van der Waals surface area contributed by atoms with Crippen LogP contribution in [0.1, 0.15) is 36.0 Å². The molecule has 132 valence electrons. The van der Waals surface area contributed by atoms with Gasteiger partial charge in [-0.1, -0.05) is 0 Å². The van der Waals surface area contributed by atoms with E-state index in [1.807, 2.05) is 28.9 Å². The first-order valence-corrected chi connectivity index (χ1v) is 8.72. The zero-order valence-electron chi connectivity index (χ0n) is 14.1. The van der Waals surface area contributed by atoms with E-state index >= 15 is 0 Å². The highest BCUT2D eigenvalue weighted by Gasteiger charge is 2.30. The average molecular weight is 352 g/mol. The van der Waals surface area contributed by atoms with E-state index in [1.165, 1.54) is 12.8 Å². The first-order valence-electron chi connectivity index (χ1n) is 8.72. The third kappa shape index (κ3) is 3.05. The molecule has 2 fully saturated rings. The summed E-state index contributed by atoms with van der Waals surface area (Å²) in [6, 6.07) is 0. The van der Waals surface area contributed by atoms with E-state index in [1.54, 1.807) is 10.7 Å². The van der Waals surface area contributed by atoms with E-state index in [9.17, 15) is 4.79 Å². The molecule has 2 aliphatic rings. The maximum atomic E-state index is 12.9. The van der Waals surface area contributed by atoms with Crippen molar-refractivity contribution in [2.24, 2.45) is 18.9 Å². The zero-order chi connectivity index (χ0) is 15.8. The van der Waals surface area contributed by atoms with E-state index in [0.29, 0.717) is 0 Å². The molecule has 6 nitrogen and oxygen atoms in total. The van der Waals surface area contributed by atoms with Gasteiger partial charge in [0.15, 0.2) is 0 Å². The Morgan fingerprint density at radius 2 is 1.79 bits per heavy atom. The number of rotatable bonds is 2. The first kappa shape index (κ1) is 17.3. The summed E-state index contributed by atoms with van der Waals surface area (Å²) >= 11 is 0. The molecule has 7 heteroatoms. The normalized spacial score (nSPS) is 20.3. The summed E-state index contributed by atoms with van der Waals surface area (Å²) in [6.45, 7) is 4.09. The van der Waals surface area contributed by atoms with Crippen molar-refractivity contribution in [3.8, 4) is 0 Å². The van der Waals surface area contributed by atoms with Crippen LogP contribution in [0.25, 0.3) is 5.65 Å². The van der Waals surface area contributed by atoms with Crippen LogP contribution in [-0.2, 0) is 7.05 Å². The van der Waals surface area contributed by atoms with Gasteiger partial charge in [-0.15, -0.1) is 12.4 Å². The number of aryl methyl sites for hydroxylation is 1. The van der Waals surface area contributed by atoms with Crippen molar-refractivity contribution in [3.05, 3.63) is 24.2 Å². The summed E-state index contributed by atoms with van der Waals surface area (Å²) < 4.78 is 3.73. The number of likely N-dealkylation sites (tertiary alicyclic amines) is 1. The van der Waals surface area contributed by atoms with Crippen LogP contribution in [0.4, 0.5) is 0 Å². The molecule has 0 atom stereocenters. The minimum Gasteiger partial charge on any atom is -0.338 e. The number of imidazole rings is 1. The molecule has 2 aromatic heterocycles. The Hall–Kier alpha value is -1.53. The molecule has 24 heavy (non-hydrogen) atoms. The van der Waals surface area contributed by atoms with Gasteiger partial charge in [0.1, 0.15) is 11.2 Å². The molecule has 2 aliphatic heterocycles. The van der Waals surface area contributed by atoms with E-state index < -0.39 is 0 Å². The fourth-order valence-corrected chi connectivity index (χ4v) is 4.26.